The molecule has 23 heavy (non-hydrogen) atoms. The third kappa shape index (κ3) is 1.79. The summed E-state index contributed by atoms with van der Waals surface area (Å²) >= 11 is 0. The zero-order chi connectivity index (χ0) is 16.2. The van der Waals surface area contributed by atoms with Crippen molar-refractivity contribution in [1.82, 2.24) is 0 Å². The van der Waals surface area contributed by atoms with Gasteiger partial charge in [0, 0.05) is 12.7 Å². The minimum absolute atomic E-state index is 0.132. The van der Waals surface area contributed by atoms with Gasteiger partial charge in [-0.2, -0.15) is 0 Å². The van der Waals surface area contributed by atoms with Crippen LogP contribution in [-0.2, 0) is 10.3 Å². The second-order valence-electron chi connectivity index (χ2n) is 7.16. The Morgan fingerprint density at radius 1 is 1.09 bits per heavy atom. The number of anilines is 1. The monoisotopic (exact) mass is 306 g/mol. The molecule has 3 nitrogen and oxygen atoms in total. The van der Waals surface area contributed by atoms with Crippen LogP contribution < -0.4 is 4.90 Å². The van der Waals surface area contributed by atoms with E-state index in [-0.39, 0.29) is 5.41 Å². The Hall–Kier alpha value is -2.29. The summed E-state index contributed by atoms with van der Waals surface area (Å²) in [6.07, 6.45) is 0.786. The second-order valence-corrected chi connectivity index (χ2v) is 7.16. The molecule has 2 aromatic carbocycles. The van der Waals surface area contributed by atoms with Crippen molar-refractivity contribution in [2.45, 2.75) is 38.3 Å². The van der Waals surface area contributed by atoms with Gasteiger partial charge in [0.1, 0.15) is 0 Å². The van der Waals surface area contributed by atoms with Gasteiger partial charge in [-0.25, -0.2) is 0 Å². The Morgan fingerprint density at radius 2 is 1.87 bits per heavy atom. The molecule has 4 rings (SSSR count). The largest absolute Gasteiger partial charge is 0.366 e. The molecule has 2 aliphatic rings. The third-order valence-electron chi connectivity index (χ3n) is 5.52. The highest BCUT2D eigenvalue weighted by Gasteiger charge is 2.61. The van der Waals surface area contributed by atoms with Crippen molar-refractivity contribution in [3.8, 4) is 0 Å². The van der Waals surface area contributed by atoms with Gasteiger partial charge in [0.05, 0.1) is 17.5 Å². The standard InChI is InChI=1S/C20H22N2O/c1-14-8-7-9-15(12-14)17-13-20(23-21-17)19(2,3)16-10-5-6-11-18(16)22(20)4/h5-12H,13H2,1-4H3/t20-/m1/s1. The summed E-state index contributed by atoms with van der Waals surface area (Å²) in [4.78, 5) is 8.39. The van der Waals surface area contributed by atoms with E-state index < -0.39 is 5.72 Å². The number of aryl methyl sites for hydroxylation is 1. The Bertz CT molecular complexity index is 809. The van der Waals surface area contributed by atoms with Crippen LogP contribution in [0.1, 0.15) is 37.0 Å². The minimum Gasteiger partial charge on any atom is -0.366 e. The van der Waals surface area contributed by atoms with E-state index in [1.807, 2.05) is 0 Å². The molecule has 0 aromatic heterocycles. The number of fused-ring (bicyclic) bond motifs is 1. The molecule has 0 unspecified atom stereocenters. The van der Waals surface area contributed by atoms with E-state index in [1.165, 1.54) is 16.8 Å². The molecular formula is C20H22N2O. The first-order valence-corrected chi connectivity index (χ1v) is 8.11. The first kappa shape index (κ1) is 14.3. The molecule has 1 spiro atoms. The molecule has 3 heteroatoms. The average Bonchev–Trinajstić information content (AvgIpc) is 3.06. The van der Waals surface area contributed by atoms with Crippen LogP contribution in [0.5, 0.6) is 0 Å². The summed E-state index contributed by atoms with van der Waals surface area (Å²) in [7, 11) is 2.11. The van der Waals surface area contributed by atoms with E-state index in [9.17, 15) is 0 Å². The van der Waals surface area contributed by atoms with Gasteiger partial charge in [0.2, 0.25) is 5.72 Å². The second kappa shape index (κ2) is 4.60. The number of rotatable bonds is 1. The van der Waals surface area contributed by atoms with Crippen molar-refractivity contribution in [3.63, 3.8) is 0 Å². The molecule has 2 heterocycles. The summed E-state index contributed by atoms with van der Waals surface area (Å²) in [5.41, 5.74) is 5.40. The van der Waals surface area contributed by atoms with Crippen LogP contribution in [0, 0.1) is 6.92 Å². The predicted molar refractivity (Wildman–Crippen MR) is 94.0 cm³/mol. The molecule has 0 amide bonds. The van der Waals surface area contributed by atoms with E-state index in [0.29, 0.717) is 0 Å². The molecular weight excluding hydrogens is 284 g/mol. The van der Waals surface area contributed by atoms with Crippen molar-refractivity contribution in [1.29, 1.82) is 0 Å². The molecule has 118 valence electrons. The van der Waals surface area contributed by atoms with E-state index in [1.54, 1.807) is 0 Å². The number of hydrogen-bond donors (Lipinski definition) is 0. The van der Waals surface area contributed by atoms with Crippen molar-refractivity contribution in [3.05, 3.63) is 65.2 Å². The Kier molecular flexibility index (Phi) is 2.87. The van der Waals surface area contributed by atoms with Crippen molar-refractivity contribution < 1.29 is 4.84 Å². The van der Waals surface area contributed by atoms with Gasteiger partial charge in [0.25, 0.3) is 0 Å². The number of benzene rings is 2. The normalized spacial score (nSPS) is 24.5. The minimum atomic E-state index is -0.449. The maximum atomic E-state index is 6.13. The lowest BCUT2D eigenvalue weighted by atomic mass is 9.75. The third-order valence-corrected chi connectivity index (χ3v) is 5.52. The molecule has 0 fully saturated rings. The van der Waals surface area contributed by atoms with Crippen LogP contribution in [-0.4, -0.2) is 18.5 Å². The Morgan fingerprint density at radius 3 is 2.61 bits per heavy atom. The number of para-hydroxylation sites is 1. The number of nitrogens with zero attached hydrogens (tertiary/aromatic N) is 2. The first-order chi connectivity index (χ1) is 11.0. The predicted octanol–water partition coefficient (Wildman–Crippen LogP) is 4.24. The lowest BCUT2D eigenvalue weighted by Gasteiger charge is -2.40. The van der Waals surface area contributed by atoms with Crippen molar-refractivity contribution >= 4 is 11.4 Å². The van der Waals surface area contributed by atoms with Crippen LogP contribution in [0.4, 0.5) is 5.69 Å². The van der Waals surface area contributed by atoms with Gasteiger partial charge in [-0.3, -0.25) is 0 Å². The summed E-state index contributed by atoms with van der Waals surface area (Å²) in [6.45, 7) is 6.62. The average molecular weight is 306 g/mol. The fourth-order valence-corrected chi connectivity index (χ4v) is 4.04. The number of hydrogen-bond acceptors (Lipinski definition) is 3. The topological polar surface area (TPSA) is 24.8 Å². The molecule has 0 N–H and O–H groups in total. The number of oxime groups is 1. The molecule has 2 aromatic rings. The summed E-state index contributed by atoms with van der Waals surface area (Å²) < 4.78 is 0. The van der Waals surface area contributed by atoms with Crippen molar-refractivity contribution in [2.24, 2.45) is 5.16 Å². The van der Waals surface area contributed by atoms with E-state index in [4.69, 9.17) is 4.84 Å². The van der Waals surface area contributed by atoms with Gasteiger partial charge in [-0.15, -0.1) is 0 Å². The lowest BCUT2D eigenvalue weighted by Crippen LogP contribution is -2.54. The molecule has 0 bridgehead atoms. The zero-order valence-electron chi connectivity index (χ0n) is 14.1. The van der Waals surface area contributed by atoms with Gasteiger partial charge in [-0.1, -0.05) is 53.2 Å². The van der Waals surface area contributed by atoms with E-state index >= 15 is 0 Å². The maximum Gasteiger partial charge on any atom is 0.224 e. The smallest absolute Gasteiger partial charge is 0.224 e. The fraction of sp³-hybridized carbons (Fsp3) is 0.350. The quantitative estimate of drug-likeness (QED) is 0.787. The van der Waals surface area contributed by atoms with Crippen LogP contribution in [0.2, 0.25) is 0 Å². The maximum absolute atomic E-state index is 6.13. The summed E-state index contributed by atoms with van der Waals surface area (Å²) in [5, 5.41) is 4.49. The molecule has 2 aliphatic heterocycles. The molecule has 0 saturated heterocycles. The Labute approximate surface area is 137 Å². The van der Waals surface area contributed by atoms with Gasteiger partial charge < -0.3 is 9.74 Å². The van der Waals surface area contributed by atoms with E-state index in [2.05, 4.69) is 86.4 Å². The molecule has 1 atom stereocenters. The molecule has 0 saturated carbocycles. The summed E-state index contributed by atoms with van der Waals surface area (Å²) in [5.74, 6) is 0. The summed E-state index contributed by atoms with van der Waals surface area (Å²) in [6, 6.07) is 17.0. The van der Waals surface area contributed by atoms with Gasteiger partial charge >= 0.3 is 0 Å². The molecule has 0 radical (unpaired) electrons. The highest BCUT2D eigenvalue weighted by molar-refractivity contribution is 6.02. The van der Waals surface area contributed by atoms with Crippen LogP contribution in [0.25, 0.3) is 0 Å². The SMILES string of the molecule is Cc1cccc(C2=NO[C@@]3(C2)N(C)c2ccccc2C3(C)C)c1. The van der Waals surface area contributed by atoms with Crippen molar-refractivity contribution in [2.75, 3.05) is 11.9 Å². The van der Waals surface area contributed by atoms with Crippen LogP contribution in [0.3, 0.4) is 0 Å². The number of likely N-dealkylation sites (N-methyl/N-ethyl adjacent to an activating group) is 1. The van der Waals surface area contributed by atoms with E-state index in [0.717, 1.165) is 17.7 Å². The molecule has 0 aliphatic carbocycles. The van der Waals surface area contributed by atoms with Gasteiger partial charge in [-0.05, 0) is 38.0 Å². The van der Waals surface area contributed by atoms with Crippen LogP contribution >= 0.6 is 0 Å². The fourth-order valence-electron chi connectivity index (χ4n) is 4.04. The highest BCUT2D eigenvalue weighted by atomic mass is 16.7. The first-order valence-electron chi connectivity index (χ1n) is 8.11. The highest BCUT2D eigenvalue weighted by Crippen LogP contribution is 2.55. The zero-order valence-corrected chi connectivity index (χ0v) is 14.1. The lowest BCUT2D eigenvalue weighted by molar-refractivity contribution is -0.0591. The Balaban J connectivity index is 1.75. The van der Waals surface area contributed by atoms with Crippen LogP contribution in [0.15, 0.2) is 53.7 Å². The van der Waals surface area contributed by atoms with Gasteiger partial charge in [0.15, 0.2) is 0 Å².